The maximum atomic E-state index is 12.3. The Morgan fingerprint density at radius 1 is 1.12 bits per heavy atom. The van der Waals surface area contributed by atoms with E-state index in [1.54, 1.807) is 31.4 Å². The standard InChI is InChI=1S/C17H21N5O4/c1-24-12-3-4-14(25-2)13(9-12)20-17(23)21-15-10-16(19-11-18-15)22-5-7-26-8-6-22/h3-4,9-11H,5-8H2,1-2H3,(H2,18,19,20,21,23). The van der Waals surface area contributed by atoms with E-state index in [1.807, 2.05) is 0 Å². The van der Waals surface area contributed by atoms with Gasteiger partial charge in [-0.1, -0.05) is 0 Å². The molecule has 0 aliphatic carbocycles. The highest BCUT2D eigenvalue weighted by Crippen LogP contribution is 2.29. The van der Waals surface area contributed by atoms with Crippen molar-refractivity contribution >= 4 is 23.4 Å². The number of carbonyl (C=O) groups is 1. The minimum atomic E-state index is -0.441. The highest BCUT2D eigenvalue weighted by Gasteiger charge is 2.14. The number of hydrogen-bond acceptors (Lipinski definition) is 7. The Bertz CT molecular complexity index is 765. The molecule has 0 bridgehead atoms. The molecule has 2 N–H and O–H groups in total. The highest BCUT2D eigenvalue weighted by molar-refractivity contribution is 6.00. The zero-order chi connectivity index (χ0) is 18.4. The molecule has 2 aromatic rings. The fourth-order valence-electron chi connectivity index (χ4n) is 2.56. The predicted octanol–water partition coefficient (Wildman–Crippen LogP) is 1.97. The Balaban J connectivity index is 1.68. The monoisotopic (exact) mass is 359 g/mol. The number of morpholine rings is 1. The number of anilines is 3. The van der Waals surface area contributed by atoms with Crippen molar-refractivity contribution in [3.05, 3.63) is 30.6 Å². The molecule has 0 saturated carbocycles. The molecule has 1 aromatic carbocycles. The normalized spacial score (nSPS) is 13.8. The predicted molar refractivity (Wildman–Crippen MR) is 97.3 cm³/mol. The van der Waals surface area contributed by atoms with Crippen LogP contribution in [-0.4, -0.2) is 56.5 Å². The van der Waals surface area contributed by atoms with Crippen LogP contribution < -0.4 is 25.0 Å². The highest BCUT2D eigenvalue weighted by atomic mass is 16.5. The lowest BCUT2D eigenvalue weighted by Gasteiger charge is -2.27. The van der Waals surface area contributed by atoms with Gasteiger partial charge in [0.25, 0.3) is 0 Å². The summed E-state index contributed by atoms with van der Waals surface area (Å²) in [4.78, 5) is 22.8. The zero-order valence-corrected chi connectivity index (χ0v) is 14.7. The number of nitrogens with zero attached hydrogens (tertiary/aromatic N) is 3. The first-order chi connectivity index (χ1) is 12.7. The molecule has 138 valence electrons. The Kier molecular flexibility index (Phi) is 5.69. The van der Waals surface area contributed by atoms with Crippen LogP contribution in [0.5, 0.6) is 11.5 Å². The summed E-state index contributed by atoms with van der Waals surface area (Å²) in [5, 5.41) is 5.44. The van der Waals surface area contributed by atoms with Crippen molar-refractivity contribution in [2.45, 2.75) is 0 Å². The first-order valence-electron chi connectivity index (χ1n) is 8.14. The minimum absolute atomic E-state index is 0.404. The number of aromatic nitrogens is 2. The summed E-state index contributed by atoms with van der Waals surface area (Å²) < 4.78 is 15.8. The van der Waals surface area contributed by atoms with Crippen molar-refractivity contribution in [3.63, 3.8) is 0 Å². The van der Waals surface area contributed by atoms with E-state index in [9.17, 15) is 4.79 Å². The van der Waals surface area contributed by atoms with E-state index in [2.05, 4.69) is 25.5 Å². The van der Waals surface area contributed by atoms with E-state index in [4.69, 9.17) is 14.2 Å². The molecule has 0 radical (unpaired) electrons. The lowest BCUT2D eigenvalue weighted by atomic mass is 10.2. The molecule has 0 spiro atoms. The molecule has 2 heterocycles. The molecule has 0 unspecified atom stereocenters. The average molecular weight is 359 g/mol. The van der Waals surface area contributed by atoms with E-state index in [0.29, 0.717) is 36.2 Å². The molecule has 1 aliphatic rings. The van der Waals surface area contributed by atoms with Gasteiger partial charge >= 0.3 is 6.03 Å². The summed E-state index contributed by atoms with van der Waals surface area (Å²) in [6.45, 7) is 2.82. The van der Waals surface area contributed by atoms with Crippen LogP contribution in [0.15, 0.2) is 30.6 Å². The Hall–Kier alpha value is -3.07. The van der Waals surface area contributed by atoms with Crippen molar-refractivity contribution < 1.29 is 19.0 Å². The summed E-state index contributed by atoms with van der Waals surface area (Å²) >= 11 is 0. The van der Waals surface area contributed by atoms with Crippen LogP contribution in [0.2, 0.25) is 0 Å². The first kappa shape index (κ1) is 17.7. The van der Waals surface area contributed by atoms with Crippen LogP contribution in [0.3, 0.4) is 0 Å². The number of carbonyl (C=O) groups excluding carboxylic acids is 1. The van der Waals surface area contributed by atoms with E-state index in [-0.39, 0.29) is 0 Å². The number of methoxy groups -OCH3 is 2. The lowest BCUT2D eigenvalue weighted by Crippen LogP contribution is -2.36. The molecule has 1 saturated heterocycles. The topological polar surface area (TPSA) is 97.8 Å². The molecule has 26 heavy (non-hydrogen) atoms. The molecule has 9 heteroatoms. The van der Waals surface area contributed by atoms with Gasteiger partial charge in [-0.05, 0) is 12.1 Å². The van der Waals surface area contributed by atoms with Crippen LogP contribution in [0.1, 0.15) is 0 Å². The summed E-state index contributed by atoms with van der Waals surface area (Å²) in [7, 11) is 3.09. The zero-order valence-electron chi connectivity index (χ0n) is 14.7. The van der Waals surface area contributed by atoms with Crippen LogP contribution in [0.4, 0.5) is 22.1 Å². The van der Waals surface area contributed by atoms with Gasteiger partial charge in [0.15, 0.2) is 0 Å². The van der Waals surface area contributed by atoms with Gasteiger partial charge in [0.05, 0.1) is 33.1 Å². The van der Waals surface area contributed by atoms with Gasteiger partial charge in [0.1, 0.15) is 29.5 Å². The summed E-state index contributed by atoms with van der Waals surface area (Å²) in [5.74, 6) is 2.29. The number of urea groups is 1. The van der Waals surface area contributed by atoms with Crippen LogP contribution >= 0.6 is 0 Å². The maximum absolute atomic E-state index is 12.3. The van der Waals surface area contributed by atoms with Crippen LogP contribution in [0, 0.1) is 0 Å². The number of hydrogen-bond donors (Lipinski definition) is 2. The van der Waals surface area contributed by atoms with Crippen molar-refractivity contribution in [1.82, 2.24) is 9.97 Å². The number of rotatable bonds is 5. The maximum Gasteiger partial charge on any atom is 0.324 e. The van der Waals surface area contributed by atoms with E-state index < -0.39 is 6.03 Å². The Labute approximate surface area is 151 Å². The summed E-state index contributed by atoms with van der Waals surface area (Å²) in [6, 6.07) is 6.44. The molecule has 9 nitrogen and oxygen atoms in total. The second-order valence-corrected chi connectivity index (χ2v) is 5.51. The first-order valence-corrected chi connectivity index (χ1v) is 8.14. The van der Waals surface area contributed by atoms with Gasteiger partial charge in [-0.2, -0.15) is 0 Å². The Morgan fingerprint density at radius 3 is 2.65 bits per heavy atom. The quantitative estimate of drug-likeness (QED) is 0.842. The summed E-state index contributed by atoms with van der Waals surface area (Å²) in [6.07, 6.45) is 1.42. The third-order valence-electron chi connectivity index (χ3n) is 3.88. The van der Waals surface area contributed by atoms with Crippen LogP contribution in [-0.2, 0) is 4.74 Å². The second kappa shape index (κ2) is 8.34. The SMILES string of the molecule is COc1ccc(OC)c(NC(=O)Nc2cc(N3CCOCC3)ncn2)c1. The number of benzene rings is 1. The molecule has 1 aliphatic heterocycles. The molecule has 2 amide bonds. The van der Waals surface area contributed by atoms with Gasteiger partial charge < -0.3 is 24.4 Å². The second-order valence-electron chi connectivity index (χ2n) is 5.51. The molecule has 1 aromatic heterocycles. The third-order valence-corrected chi connectivity index (χ3v) is 3.88. The number of amides is 2. The van der Waals surface area contributed by atoms with Gasteiger partial charge in [0.2, 0.25) is 0 Å². The van der Waals surface area contributed by atoms with Crippen molar-refractivity contribution in [2.75, 3.05) is 56.1 Å². The van der Waals surface area contributed by atoms with Crippen LogP contribution in [0.25, 0.3) is 0 Å². The van der Waals surface area contributed by atoms with Crippen molar-refractivity contribution in [1.29, 1.82) is 0 Å². The van der Waals surface area contributed by atoms with E-state index in [1.165, 1.54) is 13.4 Å². The van der Waals surface area contributed by atoms with Gasteiger partial charge in [-0.25, -0.2) is 14.8 Å². The summed E-state index contributed by atoms with van der Waals surface area (Å²) in [5.41, 5.74) is 0.492. The third kappa shape index (κ3) is 4.31. The van der Waals surface area contributed by atoms with E-state index >= 15 is 0 Å². The Morgan fingerprint density at radius 2 is 1.92 bits per heavy atom. The molecule has 0 atom stereocenters. The molecule has 3 rings (SSSR count). The number of nitrogens with one attached hydrogen (secondary N) is 2. The molecular formula is C17H21N5O4. The molecule has 1 fully saturated rings. The largest absolute Gasteiger partial charge is 0.497 e. The fraction of sp³-hybridized carbons (Fsp3) is 0.353. The smallest absolute Gasteiger partial charge is 0.324 e. The van der Waals surface area contributed by atoms with Crippen molar-refractivity contribution in [2.24, 2.45) is 0 Å². The van der Waals surface area contributed by atoms with E-state index in [0.717, 1.165) is 18.9 Å². The average Bonchev–Trinajstić information content (AvgIpc) is 2.68. The lowest BCUT2D eigenvalue weighted by molar-refractivity contribution is 0.122. The van der Waals surface area contributed by atoms with Crippen molar-refractivity contribution in [3.8, 4) is 11.5 Å². The van der Waals surface area contributed by atoms with Gasteiger partial charge in [-0.15, -0.1) is 0 Å². The van der Waals surface area contributed by atoms with Gasteiger partial charge in [0, 0.05) is 25.2 Å². The van der Waals surface area contributed by atoms with Gasteiger partial charge in [-0.3, -0.25) is 5.32 Å². The fourth-order valence-corrected chi connectivity index (χ4v) is 2.56. The molecular weight excluding hydrogens is 338 g/mol. The number of ether oxygens (including phenoxy) is 3. The minimum Gasteiger partial charge on any atom is -0.497 e.